The molecule has 5 rings (SSSR count). The van der Waals surface area contributed by atoms with Crippen LogP contribution in [0, 0.1) is 0 Å². The lowest BCUT2D eigenvalue weighted by Gasteiger charge is -2.13. The number of amides is 1. The van der Waals surface area contributed by atoms with Crippen molar-refractivity contribution >= 4 is 16.9 Å². The summed E-state index contributed by atoms with van der Waals surface area (Å²) >= 11 is 0. The Morgan fingerprint density at radius 3 is 2.84 bits per heavy atom. The SMILES string of the molecule is O=C(Cc1coc2cc3c(cc12)CCC3)N[C@H]1CCc2ccccc21. The second-order valence-electron chi connectivity index (χ2n) is 7.27. The van der Waals surface area contributed by atoms with E-state index in [0.717, 1.165) is 42.2 Å². The van der Waals surface area contributed by atoms with Gasteiger partial charge >= 0.3 is 0 Å². The molecular weight excluding hydrogens is 310 g/mol. The normalized spacial score (nSPS) is 18.3. The molecule has 1 aromatic heterocycles. The van der Waals surface area contributed by atoms with Crippen LogP contribution in [0.5, 0.6) is 0 Å². The van der Waals surface area contributed by atoms with E-state index in [2.05, 4.69) is 35.6 Å². The monoisotopic (exact) mass is 331 g/mol. The molecule has 0 radical (unpaired) electrons. The first kappa shape index (κ1) is 14.8. The van der Waals surface area contributed by atoms with Gasteiger partial charge in [-0.1, -0.05) is 24.3 Å². The van der Waals surface area contributed by atoms with Gasteiger partial charge in [-0.2, -0.15) is 0 Å². The number of furan rings is 1. The number of fused-ring (bicyclic) bond motifs is 3. The molecule has 2 aliphatic carbocycles. The van der Waals surface area contributed by atoms with Crippen molar-refractivity contribution in [3.05, 3.63) is 70.5 Å². The molecule has 3 nitrogen and oxygen atoms in total. The lowest BCUT2D eigenvalue weighted by molar-refractivity contribution is -0.121. The van der Waals surface area contributed by atoms with Crippen molar-refractivity contribution in [2.24, 2.45) is 0 Å². The Morgan fingerprint density at radius 1 is 1.08 bits per heavy atom. The smallest absolute Gasteiger partial charge is 0.225 e. The molecule has 0 aliphatic heterocycles. The van der Waals surface area contributed by atoms with Crippen molar-refractivity contribution in [1.82, 2.24) is 5.32 Å². The van der Waals surface area contributed by atoms with Gasteiger partial charge in [0.15, 0.2) is 0 Å². The number of benzene rings is 2. The molecule has 1 amide bonds. The minimum absolute atomic E-state index is 0.0740. The van der Waals surface area contributed by atoms with Gasteiger partial charge in [-0.25, -0.2) is 0 Å². The van der Waals surface area contributed by atoms with Gasteiger partial charge in [0.2, 0.25) is 5.91 Å². The van der Waals surface area contributed by atoms with Crippen molar-refractivity contribution in [2.45, 2.75) is 44.6 Å². The van der Waals surface area contributed by atoms with Gasteiger partial charge in [0, 0.05) is 10.9 Å². The quantitative estimate of drug-likeness (QED) is 0.779. The van der Waals surface area contributed by atoms with Crippen LogP contribution in [0.2, 0.25) is 0 Å². The van der Waals surface area contributed by atoms with Crippen LogP contribution in [-0.4, -0.2) is 5.91 Å². The number of nitrogens with one attached hydrogen (secondary N) is 1. The summed E-state index contributed by atoms with van der Waals surface area (Å²) in [7, 11) is 0. The zero-order chi connectivity index (χ0) is 16.8. The summed E-state index contributed by atoms with van der Waals surface area (Å²) < 4.78 is 5.72. The van der Waals surface area contributed by atoms with E-state index in [-0.39, 0.29) is 11.9 Å². The topological polar surface area (TPSA) is 42.2 Å². The molecule has 1 heterocycles. The first-order chi connectivity index (χ1) is 12.3. The summed E-state index contributed by atoms with van der Waals surface area (Å²) in [6, 6.07) is 12.9. The van der Waals surface area contributed by atoms with Crippen LogP contribution in [0.1, 0.15) is 46.7 Å². The van der Waals surface area contributed by atoms with Gasteiger partial charge in [-0.15, -0.1) is 0 Å². The summed E-state index contributed by atoms with van der Waals surface area (Å²) in [6.45, 7) is 0. The Bertz CT molecular complexity index is 969. The Labute approximate surface area is 147 Å². The van der Waals surface area contributed by atoms with Crippen molar-refractivity contribution in [2.75, 3.05) is 0 Å². The van der Waals surface area contributed by atoms with Crippen LogP contribution in [0.15, 0.2) is 47.1 Å². The van der Waals surface area contributed by atoms with Gasteiger partial charge in [0.05, 0.1) is 18.7 Å². The lowest BCUT2D eigenvalue weighted by atomic mass is 10.0. The molecule has 2 aliphatic rings. The number of hydrogen-bond donors (Lipinski definition) is 1. The average molecular weight is 331 g/mol. The van der Waals surface area contributed by atoms with Crippen molar-refractivity contribution < 1.29 is 9.21 Å². The van der Waals surface area contributed by atoms with Crippen LogP contribution in [0.3, 0.4) is 0 Å². The fourth-order valence-electron chi connectivity index (χ4n) is 4.41. The maximum Gasteiger partial charge on any atom is 0.225 e. The Balaban J connectivity index is 1.36. The van der Waals surface area contributed by atoms with Crippen LogP contribution in [0.4, 0.5) is 0 Å². The van der Waals surface area contributed by atoms with Crippen LogP contribution < -0.4 is 5.32 Å². The highest BCUT2D eigenvalue weighted by atomic mass is 16.3. The molecule has 25 heavy (non-hydrogen) atoms. The average Bonchev–Trinajstić information content (AvgIpc) is 3.33. The molecule has 126 valence electrons. The van der Waals surface area contributed by atoms with Crippen LogP contribution in [-0.2, 0) is 30.5 Å². The number of carbonyl (C=O) groups is 1. The molecule has 2 aromatic carbocycles. The summed E-state index contributed by atoms with van der Waals surface area (Å²) in [5.41, 5.74) is 7.35. The van der Waals surface area contributed by atoms with E-state index in [9.17, 15) is 4.79 Å². The van der Waals surface area contributed by atoms with E-state index in [1.54, 1.807) is 6.26 Å². The number of rotatable bonds is 3. The number of hydrogen-bond acceptors (Lipinski definition) is 2. The summed E-state index contributed by atoms with van der Waals surface area (Å²) in [5, 5.41) is 4.31. The third kappa shape index (κ3) is 2.55. The largest absolute Gasteiger partial charge is 0.464 e. The van der Waals surface area contributed by atoms with Gasteiger partial charge in [0.1, 0.15) is 5.58 Å². The predicted molar refractivity (Wildman–Crippen MR) is 97.6 cm³/mol. The lowest BCUT2D eigenvalue weighted by Crippen LogP contribution is -2.28. The first-order valence-corrected chi connectivity index (χ1v) is 9.17. The van der Waals surface area contributed by atoms with Crippen molar-refractivity contribution in [3.8, 4) is 0 Å². The molecule has 3 heteroatoms. The zero-order valence-electron chi connectivity index (χ0n) is 14.2. The molecular formula is C22H21NO2. The van der Waals surface area contributed by atoms with Gasteiger partial charge < -0.3 is 9.73 Å². The van der Waals surface area contributed by atoms with E-state index in [1.807, 2.05) is 6.07 Å². The van der Waals surface area contributed by atoms with E-state index in [0.29, 0.717) is 6.42 Å². The van der Waals surface area contributed by atoms with E-state index >= 15 is 0 Å². The molecule has 0 unspecified atom stereocenters. The Kier molecular flexibility index (Phi) is 3.40. The molecule has 0 spiro atoms. The Morgan fingerprint density at radius 2 is 1.92 bits per heavy atom. The van der Waals surface area contributed by atoms with Gasteiger partial charge in [-0.3, -0.25) is 4.79 Å². The molecule has 1 N–H and O–H groups in total. The molecule has 1 atom stereocenters. The van der Waals surface area contributed by atoms with E-state index in [4.69, 9.17) is 4.42 Å². The highest BCUT2D eigenvalue weighted by Gasteiger charge is 2.24. The van der Waals surface area contributed by atoms with Gasteiger partial charge in [-0.05, 0) is 66.5 Å². The maximum absolute atomic E-state index is 12.6. The highest BCUT2D eigenvalue weighted by molar-refractivity contribution is 5.88. The second kappa shape index (κ2) is 5.76. The van der Waals surface area contributed by atoms with Crippen molar-refractivity contribution in [3.63, 3.8) is 0 Å². The van der Waals surface area contributed by atoms with Gasteiger partial charge in [0.25, 0.3) is 0 Å². The summed E-state index contributed by atoms with van der Waals surface area (Å²) in [6.07, 6.45) is 7.67. The maximum atomic E-state index is 12.6. The zero-order valence-corrected chi connectivity index (χ0v) is 14.2. The minimum Gasteiger partial charge on any atom is -0.464 e. The fourth-order valence-corrected chi connectivity index (χ4v) is 4.41. The molecule has 0 saturated heterocycles. The molecule has 0 saturated carbocycles. The molecule has 0 fully saturated rings. The third-order valence-electron chi connectivity index (χ3n) is 5.69. The minimum atomic E-state index is 0.0740. The Hall–Kier alpha value is -2.55. The van der Waals surface area contributed by atoms with Crippen LogP contribution in [0.25, 0.3) is 11.0 Å². The highest BCUT2D eigenvalue weighted by Crippen LogP contribution is 2.32. The number of aryl methyl sites for hydroxylation is 3. The molecule has 0 bridgehead atoms. The second-order valence-corrected chi connectivity index (χ2v) is 7.27. The van der Waals surface area contributed by atoms with Crippen molar-refractivity contribution in [1.29, 1.82) is 0 Å². The standard InChI is InChI=1S/C22H21NO2/c24-22(23-20-9-8-14-4-1-2-7-18(14)20)12-17-13-25-21-11-16-6-3-5-15(16)10-19(17)21/h1-2,4,7,10-11,13,20H,3,5-6,8-9,12H2,(H,23,24)/t20-/m0/s1. The van der Waals surface area contributed by atoms with E-state index in [1.165, 1.54) is 28.7 Å². The fraction of sp³-hybridized carbons (Fsp3) is 0.318. The molecule has 3 aromatic rings. The summed E-state index contributed by atoms with van der Waals surface area (Å²) in [4.78, 5) is 12.6. The number of carbonyl (C=O) groups excluding carboxylic acids is 1. The van der Waals surface area contributed by atoms with E-state index < -0.39 is 0 Å². The predicted octanol–water partition coefficient (Wildman–Crippen LogP) is 4.27. The first-order valence-electron chi connectivity index (χ1n) is 9.17. The third-order valence-corrected chi connectivity index (χ3v) is 5.69. The van der Waals surface area contributed by atoms with Crippen LogP contribution >= 0.6 is 0 Å². The summed E-state index contributed by atoms with van der Waals surface area (Å²) in [5.74, 6) is 0.0740.